The summed E-state index contributed by atoms with van der Waals surface area (Å²) in [5.74, 6) is 0.216. The van der Waals surface area contributed by atoms with Crippen LogP contribution in [0.1, 0.15) is 12.5 Å². The minimum absolute atomic E-state index is 0.0548. The summed E-state index contributed by atoms with van der Waals surface area (Å²) < 4.78 is 15.9. The van der Waals surface area contributed by atoms with Gasteiger partial charge in [0.05, 0.1) is 21.3 Å². The lowest BCUT2D eigenvalue weighted by Gasteiger charge is -2.23. The number of ether oxygens (including phenoxy) is 3. The molecule has 1 aliphatic rings. The highest BCUT2D eigenvalue weighted by Crippen LogP contribution is 2.39. The first-order chi connectivity index (χ1) is 11.9. The first-order valence-electron chi connectivity index (χ1n) is 7.35. The Morgan fingerprint density at radius 1 is 1.04 bits per heavy atom. The van der Waals surface area contributed by atoms with Crippen molar-refractivity contribution in [2.75, 3.05) is 28.4 Å². The van der Waals surface area contributed by atoms with Gasteiger partial charge < -0.3 is 14.2 Å². The van der Waals surface area contributed by atoms with Crippen molar-refractivity contribution in [1.29, 1.82) is 5.26 Å². The molecule has 7 nitrogen and oxygen atoms in total. The fourth-order valence-electron chi connectivity index (χ4n) is 2.55. The monoisotopic (exact) mass is 342 g/mol. The van der Waals surface area contributed by atoms with Gasteiger partial charge in [-0.25, -0.2) is 0 Å². The summed E-state index contributed by atoms with van der Waals surface area (Å²) >= 11 is 0. The first-order valence-corrected chi connectivity index (χ1v) is 7.35. The number of nitriles is 1. The van der Waals surface area contributed by atoms with E-state index in [1.165, 1.54) is 28.4 Å². The Morgan fingerprint density at radius 3 is 2.04 bits per heavy atom. The second-order valence-corrected chi connectivity index (χ2v) is 5.30. The molecule has 1 aromatic carbocycles. The molecule has 1 aliphatic heterocycles. The molecule has 0 N–H and O–H groups in total. The van der Waals surface area contributed by atoms with Gasteiger partial charge in [0.2, 0.25) is 5.75 Å². The normalized spacial score (nSPS) is 16.2. The average molecular weight is 342 g/mol. The van der Waals surface area contributed by atoms with Crippen LogP contribution in [0.25, 0.3) is 6.08 Å². The smallest absolute Gasteiger partial charge is 0.271 e. The number of rotatable bonds is 4. The molecule has 25 heavy (non-hydrogen) atoms. The number of hydrogen-bond donors (Lipinski definition) is 0. The molecule has 0 aliphatic carbocycles. The van der Waals surface area contributed by atoms with E-state index in [-0.39, 0.29) is 11.1 Å². The van der Waals surface area contributed by atoms with E-state index in [9.17, 15) is 14.9 Å². The molecular formula is C18H18N2O5. The van der Waals surface area contributed by atoms with Crippen LogP contribution in [0.4, 0.5) is 0 Å². The number of carbonyl (C=O) groups is 2. The highest BCUT2D eigenvalue weighted by atomic mass is 16.5. The molecule has 1 heterocycles. The fraction of sp³-hybridized carbons (Fsp3) is 0.278. The van der Waals surface area contributed by atoms with Crippen LogP contribution < -0.4 is 14.2 Å². The summed E-state index contributed by atoms with van der Waals surface area (Å²) in [7, 11) is 5.82. The van der Waals surface area contributed by atoms with E-state index >= 15 is 0 Å². The summed E-state index contributed by atoms with van der Waals surface area (Å²) in [6, 6.07) is 5.22. The second kappa shape index (κ2) is 7.09. The second-order valence-electron chi connectivity index (χ2n) is 5.30. The zero-order valence-corrected chi connectivity index (χ0v) is 14.7. The van der Waals surface area contributed by atoms with Crippen LogP contribution in [0.3, 0.4) is 0 Å². The molecule has 0 unspecified atom stereocenters. The third-order valence-electron chi connectivity index (χ3n) is 3.94. The SMILES string of the molecule is COc1cc(/C=C2/C(=O)N(C)C(=O)C(C#N)=C2C)cc(OC)c1OC. The van der Waals surface area contributed by atoms with Gasteiger partial charge in [0.15, 0.2) is 11.5 Å². The van der Waals surface area contributed by atoms with Crippen LogP contribution in [0, 0.1) is 11.3 Å². The summed E-state index contributed by atoms with van der Waals surface area (Å²) in [4.78, 5) is 25.4. The van der Waals surface area contributed by atoms with Crippen LogP contribution in [-0.4, -0.2) is 45.1 Å². The van der Waals surface area contributed by atoms with Crippen LogP contribution >= 0.6 is 0 Å². The molecule has 0 fully saturated rings. The van der Waals surface area contributed by atoms with Crippen molar-refractivity contribution < 1.29 is 23.8 Å². The lowest BCUT2D eigenvalue weighted by molar-refractivity contribution is -0.138. The van der Waals surface area contributed by atoms with Crippen molar-refractivity contribution in [1.82, 2.24) is 4.90 Å². The van der Waals surface area contributed by atoms with Crippen molar-refractivity contribution in [3.8, 4) is 23.3 Å². The van der Waals surface area contributed by atoms with E-state index in [0.29, 0.717) is 28.4 Å². The maximum atomic E-state index is 12.5. The topological polar surface area (TPSA) is 88.9 Å². The Hall–Kier alpha value is -3.27. The molecule has 130 valence electrons. The Labute approximate surface area is 145 Å². The molecule has 0 radical (unpaired) electrons. The highest BCUT2D eigenvalue weighted by molar-refractivity contribution is 6.19. The van der Waals surface area contributed by atoms with Crippen LogP contribution in [0.5, 0.6) is 17.2 Å². The largest absolute Gasteiger partial charge is 0.493 e. The van der Waals surface area contributed by atoms with E-state index < -0.39 is 11.8 Å². The first kappa shape index (κ1) is 18.1. The van der Waals surface area contributed by atoms with Gasteiger partial charge in [0, 0.05) is 12.6 Å². The van der Waals surface area contributed by atoms with E-state index in [0.717, 1.165) is 4.90 Å². The Kier molecular flexibility index (Phi) is 5.13. The molecule has 7 heteroatoms. The minimum Gasteiger partial charge on any atom is -0.493 e. The number of nitrogens with zero attached hydrogens (tertiary/aromatic N) is 2. The Bertz CT molecular complexity index is 821. The number of amides is 2. The summed E-state index contributed by atoms with van der Waals surface area (Å²) in [5.41, 5.74) is 1.15. The summed E-state index contributed by atoms with van der Waals surface area (Å²) in [5, 5.41) is 9.20. The number of methoxy groups -OCH3 is 3. The zero-order chi connectivity index (χ0) is 18.7. The van der Waals surface area contributed by atoms with Gasteiger partial charge in [-0.3, -0.25) is 14.5 Å². The third-order valence-corrected chi connectivity index (χ3v) is 3.94. The molecule has 0 saturated carbocycles. The maximum Gasteiger partial charge on any atom is 0.271 e. The van der Waals surface area contributed by atoms with Crippen LogP contribution in [-0.2, 0) is 9.59 Å². The van der Waals surface area contributed by atoms with Gasteiger partial charge >= 0.3 is 0 Å². The van der Waals surface area contributed by atoms with Crippen molar-refractivity contribution >= 4 is 17.9 Å². The standard InChI is InChI=1S/C18H18N2O5/c1-10-12(17(21)20(2)18(22)13(10)9-19)6-11-7-14(23-3)16(25-5)15(8-11)24-4/h6-8H,1-5H3/b12-6+. The van der Waals surface area contributed by atoms with Gasteiger partial charge in [0.1, 0.15) is 11.6 Å². The lowest BCUT2D eigenvalue weighted by Crippen LogP contribution is -2.39. The average Bonchev–Trinajstić information content (AvgIpc) is 2.63. The molecule has 2 rings (SSSR count). The van der Waals surface area contributed by atoms with Crippen LogP contribution in [0.15, 0.2) is 28.9 Å². The zero-order valence-electron chi connectivity index (χ0n) is 14.7. The van der Waals surface area contributed by atoms with Gasteiger partial charge in [-0.05, 0) is 36.3 Å². The maximum absolute atomic E-state index is 12.5. The molecule has 1 aromatic rings. The molecule has 0 spiro atoms. The lowest BCUT2D eigenvalue weighted by atomic mass is 9.94. The van der Waals surface area contributed by atoms with E-state index in [1.807, 2.05) is 6.07 Å². The molecule has 0 aromatic heterocycles. The van der Waals surface area contributed by atoms with Crippen molar-refractivity contribution in [3.05, 3.63) is 34.4 Å². The molecule has 2 amide bonds. The molecule has 0 bridgehead atoms. The predicted octanol–water partition coefficient (Wildman–Crippen LogP) is 1.93. The van der Waals surface area contributed by atoms with Crippen molar-refractivity contribution in [3.63, 3.8) is 0 Å². The number of benzene rings is 1. The predicted molar refractivity (Wildman–Crippen MR) is 90.2 cm³/mol. The van der Waals surface area contributed by atoms with E-state index in [2.05, 4.69) is 0 Å². The summed E-state index contributed by atoms with van der Waals surface area (Å²) in [6.45, 7) is 1.57. The van der Waals surface area contributed by atoms with Crippen molar-refractivity contribution in [2.45, 2.75) is 6.92 Å². The Morgan fingerprint density at radius 2 is 1.60 bits per heavy atom. The number of imide groups is 1. The Balaban J connectivity index is 2.67. The van der Waals surface area contributed by atoms with E-state index in [1.54, 1.807) is 25.1 Å². The van der Waals surface area contributed by atoms with Gasteiger partial charge in [-0.15, -0.1) is 0 Å². The molecular weight excluding hydrogens is 324 g/mol. The van der Waals surface area contributed by atoms with Crippen LogP contribution in [0.2, 0.25) is 0 Å². The number of likely N-dealkylation sites (N-methyl/N-ethyl adjacent to an activating group) is 1. The third kappa shape index (κ3) is 3.06. The highest BCUT2D eigenvalue weighted by Gasteiger charge is 2.32. The number of carbonyl (C=O) groups excluding carboxylic acids is 2. The van der Waals surface area contributed by atoms with E-state index in [4.69, 9.17) is 14.2 Å². The summed E-state index contributed by atoms with van der Waals surface area (Å²) in [6.07, 6.45) is 1.59. The van der Waals surface area contributed by atoms with Gasteiger partial charge in [-0.1, -0.05) is 0 Å². The quantitative estimate of drug-likeness (QED) is 0.614. The minimum atomic E-state index is -0.605. The fourth-order valence-corrected chi connectivity index (χ4v) is 2.55. The molecule has 0 saturated heterocycles. The van der Waals surface area contributed by atoms with Gasteiger partial charge in [0.25, 0.3) is 11.8 Å². The molecule has 0 atom stereocenters. The van der Waals surface area contributed by atoms with Crippen molar-refractivity contribution in [2.24, 2.45) is 0 Å². The number of hydrogen-bond acceptors (Lipinski definition) is 6. The van der Waals surface area contributed by atoms with Gasteiger partial charge in [-0.2, -0.15) is 5.26 Å².